The van der Waals surface area contributed by atoms with Crippen LogP contribution in [0.4, 0.5) is 0 Å². The number of sulfonamides is 1. The third-order valence-corrected chi connectivity index (χ3v) is 3.59. The van der Waals surface area contributed by atoms with Gasteiger partial charge in [0.25, 0.3) is 0 Å². The van der Waals surface area contributed by atoms with Gasteiger partial charge in [-0.1, -0.05) is 30.3 Å². The number of nitrogens with one attached hydrogen (secondary N) is 1. The van der Waals surface area contributed by atoms with Gasteiger partial charge in [-0.25, -0.2) is 8.42 Å². The molecule has 1 aliphatic heterocycles. The van der Waals surface area contributed by atoms with Crippen molar-refractivity contribution >= 4 is 22.1 Å². The van der Waals surface area contributed by atoms with Gasteiger partial charge in [-0.15, -0.1) is 0 Å². The lowest BCUT2D eigenvalue weighted by atomic mass is 10.2. The van der Waals surface area contributed by atoms with E-state index in [0.717, 1.165) is 11.0 Å². The summed E-state index contributed by atoms with van der Waals surface area (Å²) in [5.74, 6) is -0.522. The van der Waals surface area contributed by atoms with Crippen LogP contribution in [-0.4, -0.2) is 27.0 Å². The van der Waals surface area contributed by atoms with E-state index in [9.17, 15) is 13.2 Å². The maximum absolute atomic E-state index is 11.7. The third-order valence-electron chi connectivity index (χ3n) is 2.48. The molecule has 1 unspecified atom stereocenters. The molecule has 0 aliphatic carbocycles. The van der Waals surface area contributed by atoms with Crippen molar-refractivity contribution in [2.24, 2.45) is 0 Å². The maximum atomic E-state index is 11.7. The van der Waals surface area contributed by atoms with Crippen LogP contribution in [0.25, 0.3) is 6.08 Å². The Labute approximate surface area is 106 Å². The number of hydrogen-bond acceptors (Lipinski definition) is 4. The highest BCUT2D eigenvalue weighted by Gasteiger charge is 2.29. The Morgan fingerprint density at radius 2 is 2.00 bits per heavy atom. The van der Waals surface area contributed by atoms with Crippen LogP contribution < -0.4 is 4.72 Å². The summed E-state index contributed by atoms with van der Waals surface area (Å²) in [6.07, 6.45) is 1.85. The Morgan fingerprint density at radius 3 is 2.61 bits per heavy atom. The zero-order valence-corrected chi connectivity index (χ0v) is 10.4. The van der Waals surface area contributed by atoms with E-state index < -0.39 is 22.0 Å². The summed E-state index contributed by atoms with van der Waals surface area (Å²) in [4.78, 5) is 11.2. The minimum absolute atomic E-state index is 0.258. The SMILES string of the molecule is O=C1OCCC1NS(=O)(=O)C=Cc1ccccc1. The second-order valence-electron chi connectivity index (χ2n) is 3.89. The van der Waals surface area contributed by atoms with Gasteiger partial charge in [-0.2, -0.15) is 4.72 Å². The van der Waals surface area contributed by atoms with E-state index in [1.807, 2.05) is 18.2 Å². The Bertz CT molecular complexity index is 551. The summed E-state index contributed by atoms with van der Waals surface area (Å²) in [6.45, 7) is 0.258. The van der Waals surface area contributed by atoms with Crippen molar-refractivity contribution in [3.63, 3.8) is 0 Å². The second kappa shape index (κ2) is 5.32. The van der Waals surface area contributed by atoms with Crippen LogP contribution in [0.2, 0.25) is 0 Å². The number of carbonyl (C=O) groups excluding carboxylic acids is 1. The molecular weight excluding hydrogens is 254 g/mol. The molecule has 0 aromatic heterocycles. The summed E-state index contributed by atoms with van der Waals surface area (Å²) in [5.41, 5.74) is 0.775. The number of ether oxygens (including phenoxy) is 1. The van der Waals surface area contributed by atoms with Crippen LogP contribution in [0.5, 0.6) is 0 Å². The van der Waals surface area contributed by atoms with E-state index in [1.165, 1.54) is 6.08 Å². The normalized spacial score (nSPS) is 20.2. The first-order valence-corrected chi connectivity index (χ1v) is 7.03. The minimum Gasteiger partial charge on any atom is -0.464 e. The van der Waals surface area contributed by atoms with Crippen molar-refractivity contribution < 1.29 is 17.9 Å². The van der Waals surface area contributed by atoms with Crippen LogP contribution in [-0.2, 0) is 19.6 Å². The van der Waals surface area contributed by atoms with Crippen molar-refractivity contribution in [2.75, 3.05) is 6.61 Å². The summed E-state index contributed by atoms with van der Waals surface area (Å²) >= 11 is 0. The van der Waals surface area contributed by atoms with Crippen LogP contribution in [0, 0.1) is 0 Å². The molecule has 0 spiro atoms. The maximum Gasteiger partial charge on any atom is 0.324 e. The predicted octanol–water partition coefficient (Wildman–Crippen LogP) is 0.892. The molecule has 96 valence electrons. The highest BCUT2D eigenvalue weighted by atomic mass is 32.2. The number of hydrogen-bond donors (Lipinski definition) is 1. The highest BCUT2D eigenvalue weighted by Crippen LogP contribution is 2.09. The Morgan fingerprint density at radius 1 is 1.28 bits per heavy atom. The van der Waals surface area contributed by atoms with Crippen molar-refractivity contribution in [3.8, 4) is 0 Å². The van der Waals surface area contributed by atoms with Gasteiger partial charge in [0.2, 0.25) is 10.0 Å². The van der Waals surface area contributed by atoms with Crippen LogP contribution in [0.3, 0.4) is 0 Å². The molecule has 1 aliphatic rings. The lowest BCUT2D eigenvalue weighted by molar-refractivity contribution is -0.139. The Balaban J connectivity index is 2.03. The number of benzene rings is 1. The summed E-state index contributed by atoms with van der Waals surface area (Å²) in [7, 11) is -3.63. The lowest BCUT2D eigenvalue weighted by Gasteiger charge is -2.05. The van der Waals surface area contributed by atoms with Gasteiger partial charge in [0, 0.05) is 11.8 Å². The molecule has 1 fully saturated rings. The fourth-order valence-electron chi connectivity index (χ4n) is 1.57. The Hall–Kier alpha value is -1.66. The molecule has 18 heavy (non-hydrogen) atoms. The molecule has 5 nitrogen and oxygen atoms in total. The first kappa shape index (κ1) is 12.8. The van der Waals surface area contributed by atoms with Crippen molar-refractivity contribution in [2.45, 2.75) is 12.5 Å². The monoisotopic (exact) mass is 267 g/mol. The Kier molecular flexibility index (Phi) is 3.78. The van der Waals surface area contributed by atoms with Crippen molar-refractivity contribution in [3.05, 3.63) is 41.3 Å². The predicted molar refractivity (Wildman–Crippen MR) is 66.9 cm³/mol. The summed E-state index contributed by atoms with van der Waals surface area (Å²) in [6, 6.07) is 8.28. The second-order valence-corrected chi connectivity index (χ2v) is 5.48. The zero-order valence-electron chi connectivity index (χ0n) is 9.57. The smallest absolute Gasteiger partial charge is 0.324 e. The fourth-order valence-corrected chi connectivity index (χ4v) is 2.60. The van der Waals surface area contributed by atoms with E-state index in [2.05, 4.69) is 9.46 Å². The number of cyclic esters (lactones) is 1. The first-order valence-electron chi connectivity index (χ1n) is 5.49. The average Bonchev–Trinajstić information content (AvgIpc) is 2.73. The number of rotatable bonds is 4. The van der Waals surface area contributed by atoms with Gasteiger partial charge < -0.3 is 4.74 Å². The highest BCUT2D eigenvalue weighted by molar-refractivity contribution is 7.92. The van der Waals surface area contributed by atoms with E-state index in [-0.39, 0.29) is 6.61 Å². The topological polar surface area (TPSA) is 72.5 Å². The molecule has 0 radical (unpaired) electrons. The molecular formula is C12H13NO4S. The third kappa shape index (κ3) is 3.41. The molecule has 1 atom stereocenters. The van der Waals surface area contributed by atoms with E-state index in [0.29, 0.717) is 6.42 Å². The van der Waals surface area contributed by atoms with Crippen molar-refractivity contribution in [1.82, 2.24) is 4.72 Å². The molecule has 1 aromatic rings. The van der Waals surface area contributed by atoms with E-state index >= 15 is 0 Å². The van der Waals surface area contributed by atoms with Gasteiger partial charge in [0.15, 0.2) is 0 Å². The quantitative estimate of drug-likeness (QED) is 0.822. The lowest BCUT2D eigenvalue weighted by Crippen LogP contribution is -2.36. The van der Waals surface area contributed by atoms with Crippen LogP contribution in [0.1, 0.15) is 12.0 Å². The molecule has 1 heterocycles. The molecule has 0 saturated carbocycles. The summed E-state index contributed by atoms with van der Waals surface area (Å²) in [5, 5.41) is 1.05. The fraction of sp³-hybridized carbons (Fsp3) is 0.250. The van der Waals surface area contributed by atoms with Crippen molar-refractivity contribution in [1.29, 1.82) is 0 Å². The molecule has 1 saturated heterocycles. The molecule has 1 N–H and O–H groups in total. The van der Waals surface area contributed by atoms with Crippen LogP contribution >= 0.6 is 0 Å². The standard InChI is InChI=1S/C12H13NO4S/c14-12-11(6-8-17-12)13-18(15,16)9-7-10-4-2-1-3-5-10/h1-5,7,9,11,13H,6,8H2. The number of esters is 1. The summed E-state index contributed by atoms with van der Waals surface area (Å²) < 4.78 is 30.4. The van der Waals surface area contributed by atoms with Gasteiger partial charge in [-0.3, -0.25) is 4.79 Å². The van der Waals surface area contributed by atoms with Gasteiger partial charge >= 0.3 is 5.97 Å². The molecule has 0 bridgehead atoms. The molecule has 0 amide bonds. The number of carbonyl (C=O) groups is 1. The average molecular weight is 267 g/mol. The molecule has 2 rings (SSSR count). The van der Waals surface area contributed by atoms with Gasteiger partial charge in [0.1, 0.15) is 6.04 Å². The largest absolute Gasteiger partial charge is 0.464 e. The van der Waals surface area contributed by atoms with Crippen LogP contribution in [0.15, 0.2) is 35.7 Å². The molecule has 6 heteroatoms. The van der Waals surface area contributed by atoms with E-state index in [1.54, 1.807) is 12.1 Å². The van der Waals surface area contributed by atoms with Gasteiger partial charge in [0.05, 0.1) is 6.61 Å². The minimum atomic E-state index is -3.63. The van der Waals surface area contributed by atoms with Gasteiger partial charge in [-0.05, 0) is 11.6 Å². The first-order chi connectivity index (χ1) is 8.57. The zero-order chi connectivity index (χ0) is 13.0. The van der Waals surface area contributed by atoms with E-state index in [4.69, 9.17) is 0 Å². The molecule has 1 aromatic carbocycles.